The summed E-state index contributed by atoms with van der Waals surface area (Å²) in [7, 11) is 0. The smallest absolute Gasteiger partial charge is 0.404 e. The molecule has 8 heteroatoms. The molecule has 0 heterocycles. The summed E-state index contributed by atoms with van der Waals surface area (Å²) in [5.41, 5.74) is -1.89. The summed E-state index contributed by atoms with van der Waals surface area (Å²) in [6.45, 7) is 0. The molecule has 1 N–H and O–H groups in total. The Bertz CT molecular complexity index is 843. The van der Waals surface area contributed by atoms with Gasteiger partial charge in [-0.2, -0.15) is 26.3 Å². The van der Waals surface area contributed by atoms with Crippen LogP contribution in [0.5, 0.6) is 0 Å². The molecule has 2 rings (SSSR count). The maximum atomic E-state index is 13.0. The molecule has 0 fully saturated rings. The Morgan fingerprint density at radius 3 is 1.96 bits per heavy atom. The highest BCUT2D eigenvalue weighted by Crippen LogP contribution is 2.47. The van der Waals surface area contributed by atoms with Crippen LogP contribution in [-0.2, 0) is 0 Å². The Hall–Kier alpha value is -2.95. The zero-order chi connectivity index (χ0) is 19.5. The van der Waals surface area contributed by atoms with Crippen molar-refractivity contribution in [3.63, 3.8) is 0 Å². The highest BCUT2D eigenvalue weighted by molar-refractivity contribution is 5.88. The topological polar surface area (TPSA) is 37.3 Å². The molecule has 0 aliphatic heterocycles. The van der Waals surface area contributed by atoms with Gasteiger partial charge in [0, 0.05) is 11.1 Å². The molecular formula is C18H10F6O2. The number of hydrogen-bond acceptors (Lipinski definition) is 1. The summed E-state index contributed by atoms with van der Waals surface area (Å²) in [4.78, 5) is 11.0. The number of carbonyl (C=O) groups is 1. The van der Waals surface area contributed by atoms with Crippen molar-refractivity contribution >= 4 is 5.97 Å². The molecule has 2 aromatic rings. The molecule has 0 spiro atoms. The molecule has 136 valence electrons. The Balaban J connectivity index is 2.66. The van der Waals surface area contributed by atoms with E-state index >= 15 is 0 Å². The molecule has 0 saturated heterocycles. The number of hydrogen-bond donors (Lipinski definition) is 1. The van der Waals surface area contributed by atoms with E-state index in [-0.39, 0.29) is 0 Å². The van der Waals surface area contributed by atoms with E-state index in [1.165, 1.54) is 12.1 Å². The van der Waals surface area contributed by atoms with E-state index in [0.717, 1.165) is 0 Å². The quantitative estimate of drug-likeness (QED) is 0.596. The fraction of sp³-hybridized carbons (Fsp3) is 0.167. The third-order valence-corrected chi connectivity index (χ3v) is 3.38. The Kier molecular flexibility index (Phi) is 5.30. The van der Waals surface area contributed by atoms with Crippen molar-refractivity contribution in [2.45, 2.75) is 18.3 Å². The molecule has 26 heavy (non-hydrogen) atoms. The summed E-state index contributed by atoms with van der Waals surface area (Å²) < 4.78 is 78.1. The van der Waals surface area contributed by atoms with E-state index in [9.17, 15) is 31.1 Å². The second-order valence-corrected chi connectivity index (χ2v) is 5.24. The molecule has 0 atom stereocenters. The Morgan fingerprint density at radius 1 is 0.885 bits per heavy atom. The number of halogens is 6. The number of aromatic carboxylic acids is 1. The normalized spacial score (nSPS) is 11.8. The second-order valence-electron chi connectivity index (χ2n) is 5.24. The van der Waals surface area contributed by atoms with Gasteiger partial charge in [0.1, 0.15) is 0 Å². The van der Waals surface area contributed by atoms with E-state index in [1.807, 2.05) is 0 Å². The average molecular weight is 372 g/mol. The monoisotopic (exact) mass is 372 g/mol. The van der Waals surface area contributed by atoms with Crippen LogP contribution in [0, 0.1) is 11.8 Å². The number of carboxylic acids is 1. The molecular weight excluding hydrogens is 362 g/mol. The summed E-state index contributed by atoms with van der Waals surface area (Å²) >= 11 is 0. The molecule has 0 saturated carbocycles. The lowest BCUT2D eigenvalue weighted by Gasteiger charge is -2.24. The minimum Gasteiger partial charge on any atom is -0.478 e. The minimum absolute atomic E-state index is 0.356. The maximum Gasteiger partial charge on any atom is 0.404 e. The first-order valence-corrected chi connectivity index (χ1v) is 7.08. The predicted molar refractivity (Wildman–Crippen MR) is 80.7 cm³/mol. The third-order valence-electron chi connectivity index (χ3n) is 3.38. The van der Waals surface area contributed by atoms with Gasteiger partial charge in [-0.25, -0.2) is 4.79 Å². The third kappa shape index (κ3) is 4.57. The van der Waals surface area contributed by atoms with Crippen molar-refractivity contribution in [2.75, 3.05) is 0 Å². The molecule has 0 aliphatic rings. The van der Waals surface area contributed by atoms with Gasteiger partial charge in [-0.15, -0.1) is 0 Å². The maximum absolute atomic E-state index is 13.0. The lowest BCUT2D eigenvalue weighted by molar-refractivity contribution is -0.253. The standard InChI is InChI=1S/C18H10F6O2/c19-17(20,21)15(18(22,23)24)14-9-8-13(16(25)26)10-12(14)7-6-11-4-2-1-3-5-11/h1-5,8-10,15H,(H,25,26). The SMILES string of the molecule is O=C(O)c1ccc(C(C(F)(F)F)C(F)(F)F)c(C#Cc2ccccc2)c1. The highest BCUT2D eigenvalue weighted by Gasteiger charge is 2.58. The van der Waals surface area contributed by atoms with Crippen LogP contribution in [0.25, 0.3) is 0 Å². The van der Waals surface area contributed by atoms with Crippen molar-refractivity contribution in [2.24, 2.45) is 0 Å². The van der Waals surface area contributed by atoms with Crippen LogP contribution in [0.4, 0.5) is 26.3 Å². The molecule has 0 amide bonds. The van der Waals surface area contributed by atoms with Crippen molar-refractivity contribution < 1.29 is 36.2 Å². The number of carboxylic acid groups (broad SMARTS) is 1. The van der Waals surface area contributed by atoms with Crippen molar-refractivity contribution in [1.82, 2.24) is 0 Å². The van der Waals surface area contributed by atoms with Crippen LogP contribution in [0.1, 0.15) is 33.0 Å². The summed E-state index contributed by atoms with van der Waals surface area (Å²) in [6.07, 6.45) is -11.2. The van der Waals surface area contributed by atoms with Crippen LogP contribution < -0.4 is 0 Å². The van der Waals surface area contributed by atoms with Crippen molar-refractivity contribution in [3.8, 4) is 11.8 Å². The summed E-state index contributed by atoms with van der Waals surface area (Å²) in [6, 6.07) is 9.76. The second kappa shape index (κ2) is 7.12. The average Bonchev–Trinajstić information content (AvgIpc) is 2.52. The van der Waals surface area contributed by atoms with Crippen LogP contribution in [0.3, 0.4) is 0 Å². The lowest BCUT2D eigenvalue weighted by atomic mass is 9.91. The van der Waals surface area contributed by atoms with Gasteiger partial charge in [-0.05, 0) is 29.8 Å². The first-order chi connectivity index (χ1) is 12.0. The van der Waals surface area contributed by atoms with Crippen molar-refractivity contribution in [3.05, 3.63) is 70.8 Å². The molecule has 0 aromatic heterocycles. The number of rotatable bonds is 2. The van der Waals surface area contributed by atoms with E-state index in [2.05, 4.69) is 11.8 Å². The van der Waals surface area contributed by atoms with Crippen LogP contribution >= 0.6 is 0 Å². The lowest BCUT2D eigenvalue weighted by Crippen LogP contribution is -2.34. The predicted octanol–water partition coefficient (Wildman–Crippen LogP) is 4.99. The van der Waals surface area contributed by atoms with E-state index < -0.39 is 40.9 Å². The van der Waals surface area contributed by atoms with Gasteiger partial charge in [-0.1, -0.05) is 36.1 Å². The van der Waals surface area contributed by atoms with Gasteiger partial charge in [-0.3, -0.25) is 0 Å². The molecule has 0 bridgehead atoms. The zero-order valence-corrected chi connectivity index (χ0v) is 12.8. The van der Waals surface area contributed by atoms with Gasteiger partial charge in [0.2, 0.25) is 0 Å². The molecule has 2 nitrogen and oxygen atoms in total. The number of alkyl halides is 6. The van der Waals surface area contributed by atoms with Crippen LogP contribution in [-0.4, -0.2) is 23.4 Å². The summed E-state index contributed by atoms with van der Waals surface area (Å²) in [5, 5.41) is 8.95. The first kappa shape index (κ1) is 19.4. The largest absolute Gasteiger partial charge is 0.478 e. The fourth-order valence-corrected chi connectivity index (χ4v) is 2.25. The Morgan fingerprint density at radius 2 is 1.46 bits per heavy atom. The van der Waals surface area contributed by atoms with Gasteiger partial charge >= 0.3 is 18.3 Å². The summed E-state index contributed by atoms with van der Waals surface area (Å²) in [5.74, 6) is -0.573. The van der Waals surface area contributed by atoms with Gasteiger partial charge in [0.05, 0.1) is 5.56 Å². The first-order valence-electron chi connectivity index (χ1n) is 7.08. The Labute approximate surface area is 144 Å². The van der Waals surface area contributed by atoms with Crippen molar-refractivity contribution in [1.29, 1.82) is 0 Å². The zero-order valence-electron chi connectivity index (χ0n) is 12.8. The van der Waals surface area contributed by atoms with Gasteiger partial charge in [0.25, 0.3) is 0 Å². The molecule has 2 aromatic carbocycles. The van der Waals surface area contributed by atoms with Gasteiger partial charge in [0.15, 0.2) is 5.92 Å². The van der Waals surface area contributed by atoms with E-state index in [0.29, 0.717) is 23.8 Å². The molecule has 0 aliphatic carbocycles. The highest BCUT2D eigenvalue weighted by atomic mass is 19.4. The number of benzene rings is 2. The van der Waals surface area contributed by atoms with Gasteiger partial charge < -0.3 is 5.11 Å². The molecule has 0 radical (unpaired) electrons. The van der Waals surface area contributed by atoms with Crippen LogP contribution in [0.2, 0.25) is 0 Å². The minimum atomic E-state index is -5.60. The van der Waals surface area contributed by atoms with Crippen LogP contribution in [0.15, 0.2) is 48.5 Å². The van der Waals surface area contributed by atoms with E-state index in [1.54, 1.807) is 18.2 Å². The molecule has 0 unspecified atom stereocenters. The van der Waals surface area contributed by atoms with E-state index in [4.69, 9.17) is 5.11 Å². The fourth-order valence-electron chi connectivity index (χ4n) is 2.25.